The molecule has 6 heteroatoms. The number of hydrogen-bond donors (Lipinski definition) is 1. The summed E-state index contributed by atoms with van der Waals surface area (Å²) in [4.78, 5) is 15.2. The van der Waals surface area contributed by atoms with Gasteiger partial charge >= 0.3 is 5.97 Å². The van der Waals surface area contributed by atoms with Crippen LogP contribution in [-0.4, -0.2) is 25.7 Å². The Hall–Kier alpha value is -2.63. The van der Waals surface area contributed by atoms with Gasteiger partial charge in [0, 0.05) is 0 Å². The van der Waals surface area contributed by atoms with Gasteiger partial charge in [0.1, 0.15) is 0 Å². The second-order valence-corrected chi connectivity index (χ2v) is 3.40. The zero-order valence-electron chi connectivity index (χ0n) is 8.57. The van der Waals surface area contributed by atoms with Crippen molar-refractivity contribution in [1.82, 2.24) is 14.6 Å². The van der Waals surface area contributed by atoms with Gasteiger partial charge < -0.3 is 9.52 Å². The number of aromatic carboxylic acids is 1. The molecule has 0 saturated heterocycles. The number of pyridine rings is 1. The highest BCUT2D eigenvalue weighted by Crippen LogP contribution is 2.17. The maximum absolute atomic E-state index is 11.0. The van der Waals surface area contributed by atoms with E-state index in [0.717, 1.165) is 0 Å². The van der Waals surface area contributed by atoms with Gasteiger partial charge in [-0.1, -0.05) is 6.07 Å². The van der Waals surface area contributed by atoms with E-state index in [1.54, 1.807) is 24.3 Å². The van der Waals surface area contributed by atoms with Gasteiger partial charge in [-0.05, 0) is 24.3 Å². The minimum atomic E-state index is -1.05. The first-order chi connectivity index (χ1) is 8.25. The highest BCUT2D eigenvalue weighted by Gasteiger charge is 2.13. The van der Waals surface area contributed by atoms with E-state index in [1.165, 1.54) is 16.8 Å². The molecule has 0 fully saturated rings. The van der Waals surface area contributed by atoms with E-state index in [2.05, 4.69) is 10.1 Å². The Kier molecular flexibility index (Phi) is 1.94. The third kappa shape index (κ3) is 1.46. The molecule has 3 aromatic rings. The first-order valence-corrected chi connectivity index (χ1v) is 4.88. The molecular weight excluding hydrogens is 222 g/mol. The SMILES string of the molecule is O=C(O)c1cccc2nc(-c3ccco3)nn12. The summed E-state index contributed by atoms with van der Waals surface area (Å²) in [5.74, 6) is -0.180. The highest BCUT2D eigenvalue weighted by molar-refractivity contribution is 5.86. The van der Waals surface area contributed by atoms with Crippen LogP contribution in [0.3, 0.4) is 0 Å². The molecule has 0 aliphatic heterocycles. The Bertz CT molecular complexity index is 685. The molecule has 3 aromatic heterocycles. The van der Waals surface area contributed by atoms with Crippen LogP contribution in [0.25, 0.3) is 17.2 Å². The van der Waals surface area contributed by atoms with Crippen LogP contribution in [0.5, 0.6) is 0 Å². The first-order valence-electron chi connectivity index (χ1n) is 4.88. The number of fused-ring (bicyclic) bond motifs is 1. The van der Waals surface area contributed by atoms with Gasteiger partial charge in [-0.15, -0.1) is 5.10 Å². The number of aromatic nitrogens is 3. The molecule has 0 radical (unpaired) electrons. The molecule has 17 heavy (non-hydrogen) atoms. The smallest absolute Gasteiger partial charge is 0.354 e. The maximum atomic E-state index is 11.0. The van der Waals surface area contributed by atoms with Crippen LogP contribution in [-0.2, 0) is 0 Å². The number of furan rings is 1. The summed E-state index contributed by atoms with van der Waals surface area (Å²) in [7, 11) is 0. The van der Waals surface area contributed by atoms with Gasteiger partial charge in [0.25, 0.3) is 0 Å². The van der Waals surface area contributed by atoms with Crippen molar-refractivity contribution in [2.24, 2.45) is 0 Å². The van der Waals surface area contributed by atoms with Crippen molar-refractivity contribution in [2.75, 3.05) is 0 Å². The number of carbonyl (C=O) groups is 1. The van der Waals surface area contributed by atoms with Crippen LogP contribution < -0.4 is 0 Å². The van der Waals surface area contributed by atoms with Crippen molar-refractivity contribution >= 4 is 11.6 Å². The normalized spacial score (nSPS) is 10.8. The highest BCUT2D eigenvalue weighted by atomic mass is 16.4. The van der Waals surface area contributed by atoms with Crippen molar-refractivity contribution in [1.29, 1.82) is 0 Å². The Morgan fingerprint density at radius 3 is 2.88 bits per heavy atom. The summed E-state index contributed by atoms with van der Waals surface area (Å²) in [5, 5.41) is 13.1. The summed E-state index contributed by atoms with van der Waals surface area (Å²) in [5.41, 5.74) is 0.532. The second kappa shape index (κ2) is 3.44. The average molecular weight is 229 g/mol. The summed E-state index contributed by atoms with van der Waals surface area (Å²) in [6.07, 6.45) is 1.51. The fraction of sp³-hybridized carbons (Fsp3) is 0. The topological polar surface area (TPSA) is 80.6 Å². The lowest BCUT2D eigenvalue weighted by Crippen LogP contribution is -2.05. The maximum Gasteiger partial charge on any atom is 0.354 e. The Balaban J connectivity index is 2.26. The first kappa shape index (κ1) is 9.59. The van der Waals surface area contributed by atoms with Gasteiger partial charge in [0.2, 0.25) is 5.82 Å². The molecular formula is C11H7N3O3. The van der Waals surface area contributed by atoms with Crippen molar-refractivity contribution in [3.05, 3.63) is 42.3 Å². The number of carboxylic acid groups (broad SMARTS) is 1. The quantitative estimate of drug-likeness (QED) is 0.723. The van der Waals surface area contributed by atoms with Gasteiger partial charge in [-0.3, -0.25) is 0 Å². The van der Waals surface area contributed by atoms with Gasteiger partial charge in [0.05, 0.1) is 6.26 Å². The predicted octanol–water partition coefficient (Wildman–Crippen LogP) is 1.69. The zero-order valence-corrected chi connectivity index (χ0v) is 8.57. The Labute approximate surface area is 95.1 Å². The fourth-order valence-electron chi connectivity index (χ4n) is 1.58. The Morgan fingerprint density at radius 2 is 2.18 bits per heavy atom. The lowest BCUT2D eigenvalue weighted by atomic mass is 10.3. The lowest BCUT2D eigenvalue weighted by molar-refractivity contribution is 0.0687. The number of hydrogen-bond acceptors (Lipinski definition) is 4. The molecule has 0 saturated carbocycles. The van der Waals surface area contributed by atoms with Crippen molar-refractivity contribution in [2.45, 2.75) is 0 Å². The predicted molar refractivity (Wildman–Crippen MR) is 57.6 cm³/mol. The van der Waals surface area contributed by atoms with Crippen LogP contribution >= 0.6 is 0 Å². The van der Waals surface area contributed by atoms with Crippen LogP contribution in [0, 0.1) is 0 Å². The molecule has 0 aliphatic carbocycles. The summed E-state index contributed by atoms with van der Waals surface area (Å²) in [6.45, 7) is 0. The third-order valence-corrected chi connectivity index (χ3v) is 2.32. The molecule has 0 atom stereocenters. The average Bonchev–Trinajstić information content (AvgIpc) is 2.96. The molecule has 0 amide bonds. The van der Waals surface area contributed by atoms with Crippen LogP contribution in [0.1, 0.15) is 10.5 Å². The molecule has 1 N–H and O–H groups in total. The monoisotopic (exact) mass is 229 g/mol. The van der Waals surface area contributed by atoms with E-state index in [-0.39, 0.29) is 5.69 Å². The van der Waals surface area contributed by atoms with E-state index >= 15 is 0 Å². The second-order valence-electron chi connectivity index (χ2n) is 3.40. The van der Waals surface area contributed by atoms with E-state index in [0.29, 0.717) is 17.2 Å². The lowest BCUT2D eigenvalue weighted by Gasteiger charge is -1.96. The van der Waals surface area contributed by atoms with E-state index < -0.39 is 5.97 Å². The summed E-state index contributed by atoms with van der Waals surface area (Å²) in [6, 6.07) is 8.22. The number of rotatable bonds is 2. The molecule has 0 bridgehead atoms. The van der Waals surface area contributed by atoms with Crippen molar-refractivity contribution < 1.29 is 14.3 Å². The van der Waals surface area contributed by atoms with Gasteiger partial charge in [0.15, 0.2) is 17.1 Å². The van der Waals surface area contributed by atoms with Crippen molar-refractivity contribution in [3.8, 4) is 11.6 Å². The standard InChI is InChI=1S/C11H7N3O3/c15-11(16)7-3-1-5-9-12-10(13-14(7)9)8-4-2-6-17-8/h1-6H,(H,15,16). The summed E-state index contributed by atoms with van der Waals surface area (Å²) >= 11 is 0. The molecule has 0 aliphatic rings. The van der Waals surface area contributed by atoms with E-state index in [1.807, 2.05) is 0 Å². The van der Waals surface area contributed by atoms with Gasteiger partial charge in [-0.2, -0.15) is 0 Å². The molecule has 0 spiro atoms. The zero-order chi connectivity index (χ0) is 11.8. The largest absolute Gasteiger partial charge is 0.477 e. The molecule has 0 unspecified atom stereocenters. The molecule has 3 heterocycles. The van der Waals surface area contributed by atoms with E-state index in [9.17, 15) is 4.79 Å². The summed E-state index contributed by atoms with van der Waals surface area (Å²) < 4.78 is 6.44. The fourth-order valence-corrected chi connectivity index (χ4v) is 1.58. The minimum Gasteiger partial charge on any atom is -0.477 e. The molecule has 0 aromatic carbocycles. The molecule has 84 valence electrons. The number of carboxylic acids is 1. The van der Waals surface area contributed by atoms with Crippen LogP contribution in [0.4, 0.5) is 0 Å². The third-order valence-electron chi connectivity index (χ3n) is 2.32. The Morgan fingerprint density at radius 1 is 1.29 bits per heavy atom. The van der Waals surface area contributed by atoms with Crippen molar-refractivity contribution in [3.63, 3.8) is 0 Å². The van der Waals surface area contributed by atoms with Gasteiger partial charge in [-0.25, -0.2) is 14.3 Å². The van der Waals surface area contributed by atoms with E-state index in [4.69, 9.17) is 9.52 Å². The molecule has 3 rings (SSSR count). The number of nitrogens with zero attached hydrogens (tertiary/aromatic N) is 3. The van der Waals surface area contributed by atoms with Crippen LogP contribution in [0.2, 0.25) is 0 Å². The minimum absolute atomic E-state index is 0.0628. The molecule has 6 nitrogen and oxygen atoms in total. The van der Waals surface area contributed by atoms with Crippen LogP contribution in [0.15, 0.2) is 41.0 Å².